The number of methoxy groups -OCH3 is 1. The van der Waals surface area contributed by atoms with Gasteiger partial charge in [0.05, 0.1) is 7.11 Å². The Morgan fingerprint density at radius 3 is 2.04 bits per heavy atom. The monoisotopic (exact) mass is 353 g/mol. The third kappa shape index (κ3) is 5.02. The molecule has 5 nitrogen and oxygen atoms in total. The molecule has 2 aromatic rings. The van der Waals surface area contributed by atoms with E-state index in [2.05, 4.69) is 5.32 Å². The van der Waals surface area contributed by atoms with Gasteiger partial charge in [-0.3, -0.25) is 9.59 Å². The highest BCUT2D eigenvalue weighted by molar-refractivity contribution is 6.08. The molecule has 2 aromatic carbocycles. The summed E-state index contributed by atoms with van der Waals surface area (Å²) in [4.78, 5) is 36.3. The van der Waals surface area contributed by atoms with E-state index in [0.717, 1.165) is 5.56 Å². The van der Waals surface area contributed by atoms with Gasteiger partial charge in [-0.15, -0.1) is 0 Å². The van der Waals surface area contributed by atoms with Crippen molar-refractivity contribution >= 4 is 17.7 Å². The van der Waals surface area contributed by atoms with Crippen LogP contribution in [0.5, 0.6) is 0 Å². The molecule has 5 heteroatoms. The van der Waals surface area contributed by atoms with Gasteiger partial charge >= 0.3 is 5.97 Å². The summed E-state index contributed by atoms with van der Waals surface area (Å²) in [6.07, 6.45) is 0.297. The van der Waals surface area contributed by atoms with Gasteiger partial charge in [0.25, 0.3) is 0 Å². The molecule has 1 N–H and O–H groups in total. The topological polar surface area (TPSA) is 72.5 Å². The third-order valence-corrected chi connectivity index (χ3v) is 4.02. The maximum absolute atomic E-state index is 12.4. The van der Waals surface area contributed by atoms with Crippen molar-refractivity contribution in [2.75, 3.05) is 7.11 Å². The van der Waals surface area contributed by atoms with Crippen LogP contribution >= 0.6 is 0 Å². The highest BCUT2D eigenvalue weighted by Crippen LogP contribution is 2.13. The number of rotatable bonds is 7. The lowest BCUT2D eigenvalue weighted by Gasteiger charge is -2.18. The Kier molecular flexibility index (Phi) is 6.67. The van der Waals surface area contributed by atoms with Gasteiger partial charge in [-0.05, 0) is 5.56 Å². The lowest BCUT2D eigenvalue weighted by molar-refractivity contribution is -0.145. The second kappa shape index (κ2) is 8.94. The molecule has 26 heavy (non-hydrogen) atoms. The van der Waals surface area contributed by atoms with E-state index in [1.54, 1.807) is 50.2 Å². The van der Waals surface area contributed by atoms with Gasteiger partial charge in [-0.25, -0.2) is 4.79 Å². The fraction of sp³-hybridized carbons (Fsp3) is 0.286. The van der Waals surface area contributed by atoms with E-state index in [9.17, 15) is 14.4 Å². The summed E-state index contributed by atoms with van der Waals surface area (Å²) >= 11 is 0. The first-order valence-corrected chi connectivity index (χ1v) is 8.49. The van der Waals surface area contributed by atoms with Crippen LogP contribution in [0.4, 0.5) is 0 Å². The summed E-state index contributed by atoms with van der Waals surface area (Å²) in [6.45, 7) is 3.52. The van der Waals surface area contributed by atoms with Gasteiger partial charge in [0.1, 0.15) is 6.04 Å². The van der Waals surface area contributed by atoms with E-state index in [1.807, 2.05) is 18.2 Å². The Hall–Kier alpha value is -2.95. The minimum atomic E-state index is -0.759. The Labute approximate surface area is 153 Å². The average molecular weight is 353 g/mol. The van der Waals surface area contributed by atoms with Crippen LogP contribution in [0.25, 0.3) is 0 Å². The van der Waals surface area contributed by atoms with Crippen LogP contribution in [0.1, 0.15) is 35.3 Å². The molecule has 0 bridgehead atoms. The SMILES string of the molecule is COC(=O)[C@@H](Cc1ccc(C(=O)c2ccccc2)cc1)NC(=O)C(C)C. The van der Waals surface area contributed by atoms with Crippen LogP contribution in [-0.4, -0.2) is 30.8 Å². The van der Waals surface area contributed by atoms with E-state index in [1.165, 1.54) is 7.11 Å². The quantitative estimate of drug-likeness (QED) is 0.614. The Morgan fingerprint density at radius 2 is 1.50 bits per heavy atom. The first kappa shape index (κ1) is 19.4. The fourth-order valence-corrected chi connectivity index (χ4v) is 2.46. The summed E-state index contributed by atoms with van der Waals surface area (Å²) < 4.78 is 4.78. The van der Waals surface area contributed by atoms with Crippen LogP contribution < -0.4 is 5.32 Å². The second-order valence-electron chi connectivity index (χ2n) is 6.34. The smallest absolute Gasteiger partial charge is 0.328 e. The number of ketones is 1. The van der Waals surface area contributed by atoms with Crippen molar-refractivity contribution in [3.05, 3.63) is 71.3 Å². The van der Waals surface area contributed by atoms with E-state index in [4.69, 9.17) is 4.74 Å². The van der Waals surface area contributed by atoms with E-state index >= 15 is 0 Å². The maximum Gasteiger partial charge on any atom is 0.328 e. The first-order valence-electron chi connectivity index (χ1n) is 8.49. The third-order valence-electron chi connectivity index (χ3n) is 4.02. The van der Waals surface area contributed by atoms with Gasteiger partial charge in [0, 0.05) is 23.5 Å². The zero-order valence-corrected chi connectivity index (χ0v) is 15.2. The van der Waals surface area contributed by atoms with Crippen molar-refractivity contribution in [3.8, 4) is 0 Å². The van der Waals surface area contributed by atoms with Gasteiger partial charge in [0.15, 0.2) is 5.78 Å². The molecule has 0 radical (unpaired) electrons. The molecule has 0 saturated carbocycles. The Morgan fingerprint density at radius 1 is 0.923 bits per heavy atom. The molecule has 0 aromatic heterocycles. The number of nitrogens with one attached hydrogen (secondary N) is 1. The molecule has 0 aliphatic rings. The highest BCUT2D eigenvalue weighted by Gasteiger charge is 2.23. The standard InChI is InChI=1S/C21H23NO4/c1-14(2)20(24)22-18(21(25)26-3)13-15-9-11-17(12-10-15)19(23)16-7-5-4-6-8-16/h4-12,14,18H,13H2,1-3H3,(H,22,24)/t18-/m1/s1. The summed E-state index contributed by atoms with van der Waals surface area (Å²) in [5.41, 5.74) is 2.02. The summed E-state index contributed by atoms with van der Waals surface area (Å²) in [6, 6.07) is 15.3. The molecule has 0 saturated heterocycles. The number of carbonyl (C=O) groups is 3. The van der Waals surface area contributed by atoms with E-state index in [0.29, 0.717) is 17.5 Å². The highest BCUT2D eigenvalue weighted by atomic mass is 16.5. The zero-order valence-electron chi connectivity index (χ0n) is 15.2. The number of benzene rings is 2. The van der Waals surface area contributed by atoms with Crippen molar-refractivity contribution in [1.29, 1.82) is 0 Å². The lowest BCUT2D eigenvalue weighted by atomic mass is 9.99. The van der Waals surface area contributed by atoms with Crippen molar-refractivity contribution in [2.45, 2.75) is 26.3 Å². The Bertz CT molecular complexity index is 766. The number of hydrogen-bond acceptors (Lipinski definition) is 4. The molecule has 1 amide bonds. The van der Waals surface area contributed by atoms with E-state index in [-0.39, 0.29) is 17.6 Å². The average Bonchev–Trinajstić information content (AvgIpc) is 2.67. The Balaban J connectivity index is 2.11. The molecule has 0 fully saturated rings. The van der Waals surface area contributed by atoms with Crippen molar-refractivity contribution in [3.63, 3.8) is 0 Å². The number of hydrogen-bond donors (Lipinski definition) is 1. The summed E-state index contributed by atoms with van der Waals surface area (Å²) in [5, 5.41) is 2.70. The van der Waals surface area contributed by atoms with Crippen LogP contribution in [-0.2, 0) is 20.7 Å². The predicted octanol–water partition coefficient (Wildman–Crippen LogP) is 2.77. The summed E-state index contributed by atoms with van der Waals surface area (Å²) in [5.74, 6) is -0.998. The fourth-order valence-electron chi connectivity index (χ4n) is 2.46. The molecule has 0 unspecified atom stereocenters. The van der Waals surface area contributed by atoms with Crippen LogP contribution in [0.2, 0.25) is 0 Å². The van der Waals surface area contributed by atoms with Gasteiger partial charge in [0.2, 0.25) is 5.91 Å². The van der Waals surface area contributed by atoms with Crippen LogP contribution in [0, 0.1) is 5.92 Å². The number of amides is 1. The first-order chi connectivity index (χ1) is 12.4. The number of carbonyl (C=O) groups excluding carboxylic acids is 3. The minimum Gasteiger partial charge on any atom is -0.467 e. The number of ether oxygens (including phenoxy) is 1. The molecular weight excluding hydrogens is 330 g/mol. The molecule has 136 valence electrons. The molecule has 0 heterocycles. The van der Waals surface area contributed by atoms with Gasteiger partial charge < -0.3 is 10.1 Å². The number of esters is 1. The molecule has 1 atom stereocenters. The van der Waals surface area contributed by atoms with Gasteiger partial charge in [-0.2, -0.15) is 0 Å². The van der Waals surface area contributed by atoms with Crippen LogP contribution in [0.3, 0.4) is 0 Å². The molecule has 0 aliphatic carbocycles. The lowest BCUT2D eigenvalue weighted by Crippen LogP contribution is -2.44. The predicted molar refractivity (Wildman–Crippen MR) is 98.8 cm³/mol. The van der Waals surface area contributed by atoms with Crippen LogP contribution in [0.15, 0.2) is 54.6 Å². The maximum atomic E-state index is 12.4. The molecule has 2 rings (SSSR count). The zero-order chi connectivity index (χ0) is 19.1. The normalized spacial score (nSPS) is 11.7. The van der Waals surface area contributed by atoms with Gasteiger partial charge in [-0.1, -0.05) is 68.4 Å². The summed E-state index contributed by atoms with van der Waals surface area (Å²) in [7, 11) is 1.29. The minimum absolute atomic E-state index is 0.0604. The second-order valence-corrected chi connectivity index (χ2v) is 6.34. The van der Waals surface area contributed by atoms with Crippen molar-refractivity contribution in [2.24, 2.45) is 5.92 Å². The molecular formula is C21H23NO4. The molecule has 0 spiro atoms. The molecule has 0 aliphatic heterocycles. The largest absolute Gasteiger partial charge is 0.467 e. The van der Waals surface area contributed by atoms with Crippen molar-refractivity contribution in [1.82, 2.24) is 5.32 Å². The van der Waals surface area contributed by atoms with E-state index < -0.39 is 12.0 Å². The van der Waals surface area contributed by atoms with Crippen molar-refractivity contribution < 1.29 is 19.1 Å².